The molecule has 0 saturated heterocycles. The zero-order valence-corrected chi connectivity index (χ0v) is 14.1. The number of methoxy groups -OCH3 is 1. The summed E-state index contributed by atoms with van der Waals surface area (Å²) in [6, 6.07) is 0. The van der Waals surface area contributed by atoms with Crippen molar-refractivity contribution in [3.05, 3.63) is 10.2 Å². The lowest BCUT2D eigenvalue weighted by molar-refractivity contribution is -0.0994. The van der Waals surface area contributed by atoms with Crippen LogP contribution in [0.3, 0.4) is 0 Å². The predicted molar refractivity (Wildman–Crippen MR) is 72.2 cm³/mol. The van der Waals surface area contributed by atoms with Crippen LogP contribution in [0.2, 0.25) is 18.1 Å². The Morgan fingerprint density at radius 2 is 1.61 bits per heavy atom. The van der Waals surface area contributed by atoms with Crippen LogP contribution in [0.1, 0.15) is 20.8 Å². The zero-order valence-electron chi connectivity index (χ0n) is 11.5. The van der Waals surface area contributed by atoms with Gasteiger partial charge < -0.3 is 9.16 Å². The van der Waals surface area contributed by atoms with Crippen LogP contribution in [0.5, 0.6) is 0 Å². The quantitative estimate of drug-likeness (QED) is 0.535. The van der Waals surface area contributed by atoms with E-state index in [1.54, 1.807) is 0 Å². The van der Waals surface area contributed by atoms with Gasteiger partial charge in [0.2, 0.25) is 0 Å². The Morgan fingerprint density at radius 1 is 1.17 bits per heavy atom. The van der Waals surface area contributed by atoms with Gasteiger partial charge >= 0.3 is 6.18 Å². The number of alkyl halides is 3. The fraction of sp³-hybridized carbons (Fsp3) is 0.818. The minimum absolute atomic E-state index is 0.136. The topological polar surface area (TPSA) is 18.5 Å². The Kier molecular flexibility index (Phi) is 5.96. The van der Waals surface area contributed by atoms with Crippen LogP contribution in [0.15, 0.2) is 10.2 Å². The third-order valence-electron chi connectivity index (χ3n) is 3.14. The molecule has 0 aromatic heterocycles. The molecule has 18 heavy (non-hydrogen) atoms. The van der Waals surface area contributed by atoms with E-state index in [0.29, 0.717) is 0 Å². The molecule has 0 aliphatic rings. The van der Waals surface area contributed by atoms with Gasteiger partial charge in [-0.3, -0.25) is 0 Å². The predicted octanol–water partition coefficient (Wildman–Crippen LogP) is 4.82. The lowest BCUT2D eigenvalue weighted by Gasteiger charge is -2.36. The molecule has 0 aliphatic carbocycles. The summed E-state index contributed by atoms with van der Waals surface area (Å²) in [6.45, 7) is 9.24. The molecule has 0 unspecified atom stereocenters. The van der Waals surface area contributed by atoms with Crippen molar-refractivity contribution in [3.63, 3.8) is 0 Å². The molecule has 108 valence electrons. The average molecular weight is 349 g/mol. The van der Waals surface area contributed by atoms with Gasteiger partial charge in [-0.25, -0.2) is 0 Å². The third kappa shape index (κ3) is 4.93. The summed E-state index contributed by atoms with van der Waals surface area (Å²) in [4.78, 5) is 0. The summed E-state index contributed by atoms with van der Waals surface area (Å²) in [5.74, 6) is 0. The summed E-state index contributed by atoms with van der Waals surface area (Å²) in [7, 11) is -1.03. The molecule has 0 radical (unpaired) electrons. The maximum Gasteiger partial charge on any atom is 0.418 e. The Balaban J connectivity index is 4.99. The Bertz CT molecular complexity index is 319. The first-order chi connectivity index (χ1) is 7.83. The molecule has 0 spiro atoms. The monoisotopic (exact) mass is 348 g/mol. The number of rotatable bonds is 4. The summed E-state index contributed by atoms with van der Waals surface area (Å²) < 4.78 is 48.2. The first-order valence-electron chi connectivity index (χ1n) is 5.46. The van der Waals surface area contributed by atoms with Crippen molar-refractivity contribution in [1.82, 2.24) is 0 Å². The van der Waals surface area contributed by atoms with Crippen molar-refractivity contribution in [2.75, 3.05) is 13.7 Å². The maximum atomic E-state index is 12.8. The molecular weight excluding hydrogens is 329 g/mol. The van der Waals surface area contributed by atoms with Crippen LogP contribution < -0.4 is 0 Å². The minimum atomic E-state index is -4.46. The van der Waals surface area contributed by atoms with Gasteiger partial charge in [-0.05, 0) is 34.1 Å². The normalized spacial score (nSPS) is 15.4. The van der Waals surface area contributed by atoms with Gasteiger partial charge in [0.1, 0.15) is 5.57 Å². The molecule has 0 aliphatic heterocycles. The molecule has 0 aromatic carbocycles. The Morgan fingerprint density at radius 3 is 1.89 bits per heavy atom. The van der Waals surface area contributed by atoms with Gasteiger partial charge in [0.05, 0.1) is 13.7 Å². The smallest absolute Gasteiger partial charge is 0.418 e. The van der Waals surface area contributed by atoms with E-state index in [9.17, 15) is 13.2 Å². The van der Waals surface area contributed by atoms with Crippen molar-refractivity contribution >= 4 is 24.2 Å². The van der Waals surface area contributed by atoms with Crippen LogP contribution in [-0.2, 0) is 9.16 Å². The number of ether oxygens (including phenoxy) is 1. The molecule has 0 atom stereocenters. The molecule has 2 nitrogen and oxygen atoms in total. The van der Waals surface area contributed by atoms with Crippen LogP contribution in [0.4, 0.5) is 13.2 Å². The second-order valence-corrected chi connectivity index (χ2v) is 11.0. The summed E-state index contributed by atoms with van der Waals surface area (Å²) in [5, 5.41) is -0.136. The highest BCUT2D eigenvalue weighted by molar-refractivity contribution is 9.11. The lowest BCUT2D eigenvalue weighted by Crippen LogP contribution is -2.42. The molecule has 0 heterocycles. The second-order valence-electron chi connectivity index (χ2n) is 5.50. The highest BCUT2D eigenvalue weighted by Crippen LogP contribution is 2.38. The molecule has 0 amide bonds. The molecule has 0 saturated carbocycles. The van der Waals surface area contributed by atoms with Gasteiger partial charge in [-0.1, -0.05) is 20.8 Å². The zero-order chi connectivity index (χ0) is 14.8. The van der Waals surface area contributed by atoms with E-state index in [2.05, 4.69) is 20.7 Å². The van der Waals surface area contributed by atoms with Crippen molar-refractivity contribution < 1.29 is 22.3 Å². The summed E-state index contributed by atoms with van der Waals surface area (Å²) >= 11 is 2.77. The van der Waals surface area contributed by atoms with E-state index in [0.717, 1.165) is 0 Å². The average Bonchev–Trinajstić information content (AvgIpc) is 2.13. The van der Waals surface area contributed by atoms with E-state index in [1.165, 1.54) is 7.11 Å². The van der Waals surface area contributed by atoms with E-state index in [1.807, 2.05) is 33.9 Å². The largest absolute Gasteiger partial charge is 0.490 e. The standard InChI is InChI=1S/C11H20BrF3O2Si/c1-10(2,3)18(5,6)17-7-8(9(12)16-4)11(13,14)15/h7H2,1-6H3/b9-8-. The third-order valence-corrected chi connectivity index (χ3v) is 8.42. The van der Waals surface area contributed by atoms with Crippen molar-refractivity contribution in [2.45, 2.75) is 45.1 Å². The van der Waals surface area contributed by atoms with Crippen LogP contribution in [0, 0.1) is 0 Å². The van der Waals surface area contributed by atoms with E-state index in [-0.39, 0.29) is 9.71 Å². The number of hydrogen-bond donors (Lipinski definition) is 0. The molecular formula is C11H20BrF3O2Si. The van der Waals surface area contributed by atoms with E-state index in [4.69, 9.17) is 4.43 Å². The Labute approximate surface area is 116 Å². The first-order valence-corrected chi connectivity index (χ1v) is 9.17. The van der Waals surface area contributed by atoms with E-state index >= 15 is 0 Å². The molecule has 0 fully saturated rings. The van der Waals surface area contributed by atoms with Gasteiger partial charge in [0.25, 0.3) is 0 Å². The number of hydrogen-bond acceptors (Lipinski definition) is 2. The highest BCUT2D eigenvalue weighted by Gasteiger charge is 2.41. The lowest BCUT2D eigenvalue weighted by atomic mass is 10.2. The summed E-state index contributed by atoms with van der Waals surface area (Å²) in [5.41, 5.74) is -0.824. The van der Waals surface area contributed by atoms with Gasteiger partial charge in [0.15, 0.2) is 13.0 Å². The molecule has 0 rings (SSSR count). The van der Waals surface area contributed by atoms with Gasteiger partial charge in [0, 0.05) is 0 Å². The molecule has 0 aromatic rings. The van der Waals surface area contributed by atoms with Crippen molar-refractivity contribution in [3.8, 4) is 0 Å². The first kappa shape index (κ1) is 18.0. The second kappa shape index (κ2) is 5.96. The molecule has 0 N–H and O–H groups in total. The summed E-state index contributed by atoms with van der Waals surface area (Å²) in [6.07, 6.45) is -4.46. The Hall–Kier alpha value is -0.0131. The SMILES string of the molecule is CO/C(Br)=C(/CO[Si](C)(C)C(C)(C)C)C(F)(F)F. The maximum absolute atomic E-state index is 12.8. The minimum Gasteiger partial charge on any atom is -0.490 e. The van der Waals surface area contributed by atoms with Crippen LogP contribution in [0.25, 0.3) is 0 Å². The highest BCUT2D eigenvalue weighted by atomic mass is 79.9. The van der Waals surface area contributed by atoms with Crippen molar-refractivity contribution in [2.24, 2.45) is 0 Å². The fourth-order valence-corrected chi connectivity index (χ4v) is 2.12. The molecule has 0 bridgehead atoms. The van der Waals surface area contributed by atoms with E-state index < -0.39 is 26.7 Å². The fourth-order valence-electron chi connectivity index (χ4n) is 0.842. The number of halogens is 4. The van der Waals surface area contributed by atoms with Gasteiger partial charge in [-0.15, -0.1) is 0 Å². The van der Waals surface area contributed by atoms with Crippen LogP contribution in [-0.4, -0.2) is 28.2 Å². The van der Waals surface area contributed by atoms with Crippen molar-refractivity contribution in [1.29, 1.82) is 0 Å². The molecule has 7 heteroatoms. The van der Waals surface area contributed by atoms with Gasteiger partial charge in [-0.2, -0.15) is 13.2 Å². The van der Waals surface area contributed by atoms with Crippen LogP contribution >= 0.6 is 15.9 Å².